The summed E-state index contributed by atoms with van der Waals surface area (Å²) in [5.41, 5.74) is 6.60. The van der Waals surface area contributed by atoms with Crippen LogP contribution < -0.4 is 5.73 Å². The third-order valence-electron chi connectivity index (χ3n) is 3.32. The van der Waals surface area contributed by atoms with Crippen molar-refractivity contribution in [3.05, 3.63) is 35.5 Å². The minimum Gasteiger partial charge on any atom is -0.464 e. The summed E-state index contributed by atoms with van der Waals surface area (Å²) < 4.78 is 7.22. The van der Waals surface area contributed by atoms with Crippen LogP contribution in [0.2, 0.25) is 0 Å². The number of carbonyl (C=O) groups is 1. The molecule has 0 atom stereocenters. The summed E-state index contributed by atoms with van der Waals surface area (Å²) in [6.45, 7) is 8.83. The van der Waals surface area contributed by atoms with E-state index in [2.05, 4.69) is 5.10 Å². The number of aryl methyl sites for hydroxylation is 2. The zero-order chi connectivity index (χ0) is 15.6. The minimum absolute atomic E-state index is 0.0223. The van der Waals surface area contributed by atoms with Crippen LogP contribution in [-0.4, -0.2) is 26.6 Å². The Morgan fingerprint density at radius 1 is 1.48 bits per heavy atom. The highest BCUT2D eigenvalue weighted by molar-refractivity contribution is 5.97. The van der Waals surface area contributed by atoms with Gasteiger partial charge < -0.3 is 15.1 Å². The van der Waals surface area contributed by atoms with E-state index in [4.69, 9.17) is 10.2 Å². The SMILES string of the molecule is CCn1cc(N)c(C(=O)N(Cc2ccc(C)o2)C(C)C)n1. The molecular formula is C15H22N4O2. The van der Waals surface area contributed by atoms with Gasteiger partial charge in [0.05, 0.1) is 12.2 Å². The second kappa shape index (κ2) is 6.03. The predicted octanol–water partition coefficient (Wildman–Crippen LogP) is 2.44. The van der Waals surface area contributed by atoms with Crippen LogP contribution in [0.1, 0.15) is 42.8 Å². The third-order valence-corrected chi connectivity index (χ3v) is 3.32. The molecule has 2 N–H and O–H groups in total. The summed E-state index contributed by atoms with van der Waals surface area (Å²) >= 11 is 0. The van der Waals surface area contributed by atoms with Gasteiger partial charge >= 0.3 is 0 Å². The molecule has 0 saturated heterocycles. The monoisotopic (exact) mass is 290 g/mol. The van der Waals surface area contributed by atoms with Gasteiger partial charge in [-0.25, -0.2) is 0 Å². The Kier molecular flexibility index (Phi) is 4.35. The Hall–Kier alpha value is -2.24. The normalized spacial score (nSPS) is 11.1. The molecule has 0 fully saturated rings. The number of hydrogen-bond donors (Lipinski definition) is 1. The Labute approximate surface area is 124 Å². The van der Waals surface area contributed by atoms with Gasteiger partial charge in [0.25, 0.3) is 5.91 Å². The Morgan fingerprint density at radius 2 is 2.19 bits per heavy atom. The van der Waals surface area contributed by atoms with Crippen LogP contribution in [0.25, 0.3) is 0 Å². The lowest BCUT2D eigenvalue weighted by atomic mass is 10.2. The Balaban J connectivity index is 2.24. The number of nitrogens with zero attached hydrogens (tertiary/aromatic N) is 3. The first-order valence-corrected chi connectivity index (χ1v) is 7.11. The van der Waals surface area contributed by atoms with Crippen molar-refractivity contribution in [2.45, 2.75) is 46.8 Å². The second-order valence-corrected chi connectivity index (χ2v) is 5.33. The van der Waals surface area contributed by atoms with Gasteiger partial charge in [-0.2, -0.15) is 5.10 Å². The van der Waals surface area contributed by atoms with E-state index < -0.39 is 0 Å². The summed E-state index contributed by atoms with van der Waals surface area (Å²) in [6.07, 6.45) is 1.68. The summed E-state index contributed by atoms with van der Waals surface area (Å²) in [7, 11) is 0. The number of furan rings is 1. The molecule has 0 aliphatic rings. The van der Waals surface area contributed by atoms with Crippen LogP contribution in [0.15, 0.2) is 22.7 Å². The van der Waals surface area contributed by atoms with E-state index in [1.807, 2.05) is 39.8 Å². The maximum Gasteiger partial charge on any atom is 0.277 e. The highest BCUT2D eigenvalue weighted by atomic mass is 16.3. The van der Waals surface area contributed by atoms with Crippen molar-refractivity contribution < 1.29 is 9.21 Å². The van der Waals surface area contributed by atoms with Crippen LogP contribution in [0.4, 0.5) is 5.69 Å². The molecule has 114 valence electrons. The molecule has 2 aromatic rings. The molecule has 0 saturated carbocycles. The van der Waals surface area contributed by atoms with Crippen molar-refractivity contribution in [1.82, 2.24) is 14.7 Å². The molecule has 6 heteroatoms. The molecule has 6 nitrogen and oxygen atoms in total. The van der Waals surface area contributed by atoms with E-state index >= 15 is 0 Å². The molecule has 0 radical (unpaired) electrons. The van der Waals surface area contributed by atoms with Crippen molar-refractivity contribution in [3.63, 3.8) is 0 Å². The fraction of sp³-hybridized carbons (Fsp3) is 0.467. The quantitative estimate of drug-likeness (QED) is 0.917. The molecule has 0 aliphatic heterocycles. The molecule has 0 aliphatic carbocycles. The molecule has 0 spiro atoms. The highest BCUT2D eigenvalue weighted by Crippen LogP contribution is 2.18. The van der Waals surface area contributed by atoms with E-state index in [1.54, 1.807) is 15.8 Å². The average molecular weight is 290 g/mol. The van der Waals surface area contributed by atoms with E-state index in [-0.39, 0.29) is 11.9 Å². The molecule has 2 heterocycles. The van der Waals surface area contributed by atoms with Crippen molar-refractivity contribution in [1.29, 1.82) is 0 Å². The van der Waals surface area contributed by atoms with E-state index in [0.717, 1.165) is 11.5 Å². The number of nitrogens with two attached hydrogens (primary N) is 1. The molecule has 1 amide bonds. The Morgan fingerprint density at radius 3 is 2.67 bits per heavy atom. The second-order valence-electron chi connectivity index (χ2n) is 5.33. The van der Waals surface area contributed by atoms with E-state index in [0.29, 0.717) is 24.5 Å². The number of hydrogen-bond acceptors (Lipinski definition) is 4. The fourth-order valence-corrected chi connectivity index (χ4v) is 2.13. The van der Waals surface area contributed by atoms with Gasteiger partial charge in [-0.15, -0.1) is 0 Å². The van der Waals surface area contributed by atoms with Gasteiger partial charge in [0, 0.05) is 18.8 Å². The van der Waals surface area contributed by atoms with Gasteiger partial charge in [0.2, 0.25) is 0 Å². The Bertz CT molecular complexity index is 627. The molecule has 2 aromatic heterocycles. The first-order valence-electron chi connectivity index (χ1n) is 7.11. The van der Waals surface area contributed by atoms with Gasteiger partial charge in [0.15, 0.2) is 5.69 Å². The summed E-state index contributed by atoms with van der Waals surface area (Å²) in [5, 5.41) is 4.25. The zero-order valence-corrected chi connectivity index (χ0v) is 13.0. The van der Waals surface area contributed by atoms with Crippen LogP contribution in [0, 0.1) is 6.92 Å². The molecular weight excluding hydrogens is 268 g/mol. The molecule has 21 heavy (non-hydrogen) atoms. The van der Waals surface area contributed by atoms with Crippen molar-refractivity contribution in [2.75, 3.05) is 5.73 Å². The highest BCUT2D eigenvalue weighted by Gasteiger charge is 2.24. The number of aromatic nitrogens is 2. The number of nitrogen functional groups attached to an aromatic ring is 1. The molecule has 0 bridgehead atoms. The molecule has 2 rings (SSSR count). The summed E-state index contributed by atoms with van der Waals surface area (Å²) in [6, 6.07) is 3.79. The van der Waals surface area contributed by atoms with Gasteiger partial charge in [-0.1, -0.05) is 0 Å². The van der Waals surface area contributed by atoms with Gasteiger partial charge in [-0.3, -0.25) is 9.48 Å². The number of carbonyl (C=O) groups excluding carboxylic acids is 1. The van der Waals surface area contributed by atoms with Crippen LogP contribution in [0.3, 0.4) is 0 Å². The van der Waals surface area contributed by atoms with Crippen LogP contribution in [-0.2, 0) is 13.1 Å². The van der Waals surface area contributed by atoms with Crippen LogP contribution in [0.5, 0.6) is 0 Å². The molecule has 0 unspecified atom stereocenters. The third kappa shape index (κ3) is 3.26. The lowest BCUT2D eigenvalue weighted by Gasteiger charge is -2.25. The topological polar surface area (TPSA) is 77.3 Å². The standard InChI is InChI=1S/C15H22N4O2/c1-5-18-9-13(16)14(17-18)15(20)19(10(2)3)8-12-7-6-11(4)21-12/h6-7,9-10H,5,8,16H2,1-4H3. The lowest BCUT2D eigenvalue weighted by molar-refractivity contribution is 0.0669. The predicted molar refractivity (Wildman–Crippen MR) is 80.8 cm³/mol. The fourth-order valence-electron chi connectivity index (χ4n) is 2.13. The van der Waals surface area contributed by atoms with Crippen LogP contribution >= 0.6 is 0 Å². The first kappa shape index (κ1) is 15.2. The lowest BCUT2D eigenvalue weighted by Crippen LogP contribution is -2.37. The number of amides is 1. The number of rotatable bonds is 5. The van der Waals surface area contributed by atoms with Crippen molar-refractivity contribution >= 4 is 11.6 Å². The summed E-state index contributed by atoms with van der Waals surface area (Å²) in [5.74, 6) is 1.41. The number of anilines is 1. The summed E-state index contributed by atoms with van der Waals surface area (Å²) in [4.78, 5) is 14.4. The molecule has 0 aromatic carbocycles. The average Bonchev–Trinajstić information content (AvgIpc) is 3.01. The minimum atomic E-state index is -0.177. The maximum atomic E-state index is 12.7. The van der Waals surface area contributed by atoms with Gasteiger partial charge in [-0.05, 0) is 39.8 Å². The van der Waals surface area contributed by atoms with Gasteiger partial charge in [0.1, 0.15) is 11.5 Å². The first-order chi connectivity index (χ1) is 9.92. The maximum absolute atomic E-state index is 12.7. The smallest absolute Gasteiger partial charge is 0.277 e. The zero-order valence-electron chi connectivity index (χ0n) is 13.0. The van der Waals surface area contributed by atoms with Crippen molar-refractivity contribution in [3.8, 4) is 0 Å². The van der Waals surface area contributed by atoms with Crippen molar-refractivity contribution in [2.24, 2.45) is 0 Å². The van der Waals surface area contributed by atoms with E-state index in [9.17, 15) is 4.79 Å². The van der Waals surface area contributed by atoms with E-state index in [1.165, 1.54) is 0 Å². The largest absolute Gasteiger partial charge is 0.464 e.